The van der Waals surface area contributed by atoms with E-state index in [0.29, 0.717) is 28.9 Å². The van der Waals surface area contributed by atoms with E-state index in [1.54, 1.807) is 55.5 Å². The smallest absolute Gasteiger partial charge is 0.355 e. The molecule has 1 aliphatic heterocycles. The highest BCUT2D eigenvalue weighted by molar-refractivity contribution is 6.07. The molecule has 0 saturated heterocycles. The zero-order valence-corrected chi connectivity index (χ0v) is 20.6. The second-order valence-corrected chi connectivity index (χ2v) is 8.09. The molecule has 2 aromatic carbocycles. The monoisotopic (exact) mass is 488 g/mol. The van der Waals surface area contributed by atoms with Gasteiger partial charge in [-0.05, 0) is 36.6 Å². The van der Waals surface area contributed by atoms with Crippen LogP contribution in [0.3, 0.4) is 0 Å². The lowest BCUT2D eigenvalue weighted by atomic mass is 9.80. The second kappa shape index (κ2) is 11.2. The summed E-state index contributed by atoms with van der Waals surface area (Å²) < 4.78 is 10.1. The van der Waals surface area contributed by atoms with Crippen molar-refractivity contribution < 1.29 is 23.9 Å². The van der Waals surface area contributed by atoms with Crippen molar-refractivity contribution in [3.05, 3.63) is 87.9 Å². The first kappa shape index (κ1) is 26.0. The van der Waals surface area contributed by atoms with Crippen LogP contribution in [0.5, 0.6) is 0 Å². The predicted octanol–water partition coefficient (Wildman–Crippen LogP) is 3.03. The molecule has 1 unspecified atom stereocenters. The van der Waals surface area contributed by atoms with Crippen LogP contribution in [0.15, 0.2) is 71.2 Å². The highest BCUT2D eigenvalue weighted by Crippen LogP contribution is 2.43. The first-order valence-electron chi connectivity index (χ1n) is 11.3. The molecular weight excluding hydrogens is 460 g/mol. The van der Waals surface area contributed by atoms with Crippen molar-refractivity contribution in [2.75, 3.05) is 25.7 Å². The lowest BCUT2D eigenvalue weighted by Crippen LogP contribution is -2.41. The number of amides is 1. The minimum atomic E-state index is -0.967. The molecule has 3 rings (SSSR count). The molecule has 1 heterocycles. The van der Waals surface area contributed by atoms with Crippen LogP contribution in [-0.4, -0.2) is 38.6 Å². The SMILES string of the molecule is CCCNC(=O)c1ccc(C)c(N2C(N)=C(C#N)C(c3ccccc3)C(C(=O)OC)=C2C(=O)OC)c1. The molecule has 0 saturated carbocycles. The van der Waals surface area contributed by atoms with Gasteiger partial charge in [0.05, 0.1) is 43.0 Å². The van der Waals surface area contributed by atoms with E-state index >= 15 is 0 Å². The van der Waals surface area contributed by atoms with Crippen molar-refractivity contribution in [3.63, 3.8) is 0 Å². The van der Waals surface area contributed by atoms with Crippen molar-refractivity contribution in [1.82, 2.24) is 5.32 Å². The molecule has 0 aliphatic carbocycles. The normalized spacial score (nSPS) is 15.3. The van der Waals surface area contributed by atoms with E-state index in [2.05, 4.69) is 11.4 Å². The molecule has 9 nitrogen and oxygen atoms in total. The van der Waals surface area contributed by atoms with Gasteiger partial charge in [0.2, 0.25) is 0 Å². The molecule has 36 heavy (non-hydrogen) atoms. The highest BCUT2D eigenvalue weighted by Gasteiger charge is 2.43. The molecule has 0 radical (unpaired) electrons. The minimum Gasteiger partial charge on any atom is -0.466 e. The highest BCUT2D eigenvalue weighted by atomic mass is 16.5. The number of anilines is 1. The van der Waals surface area contributed by atoms with Crippen LogP contribution >= 0.6 is 0 Å². The van der Waals surface area contributed by atoms with Crippen molar-refractivity contribution >= 4 is 23.5 Å². The van der Waals surface area contributed by atoms with E-state index in [0.717, 1.165) is 6.42 Å². The number of benzene rings is 2. The summed E-state index contributed by atoms with van der Waals surface area (Å²) in [4.78, 5) is 40.3. The first-order chi connectivity index (χ1) is 17.3. The van der Waals surface area contributed by atoms with Crippen molar-refractivity contribution in [2.45, 2.75) is 26.2 Å². The van der Waals surface area contributed by atoms with Crippen molar-refractivity contribution in [1.29, 1.82) is 5.26 Å². The number of esters is 2. The summed E-state index contributed by atoms with van der Waals surface area (Å²) in [6.45, 7) is 4.19. The largest absolute Gasteiger partial charge is 0.466 e. The molecule has 0 spiro atoms. The number of carbonyl (C=O) groups excluding carboxylic acids is 3. The Balaban J connectivity index is 2.37. The van der Waals surface area contributed by atoms with Gasteiger partial charge in [0, 0.05) is 12.1 Å². The van der Waals surface area contributed by atoms with Gasteiger partial charge in [0.25, 0.3) is 5.91 Å². The molecule has 0 bridgehead atoms. The number of allylic oxidation sites excluding steroid dienone is 1. The van der Waals surface area contributed by atoms with Crippen LogP contribution in [-0.2, 0) is 19.1 Å². The predicted molar refractivity (Wildman–Crippen MR) is 133 cm³/mol. The summed E-state index contributed by atoms with van der Waals surface area (Å²) in [5.41, 5.74) is 8.19. The van der Waals surface area contributed by atoms with Gasteiger partial charge in [-0.15, -0.1) is 0 Å². The Morgan fingerprint density at radius 1 is 1.08 bits per heavy atom. The molecule has 1 amide bonds. The van der Waals surface area contributed by atoms with E-state index in [-0.39, 0.29) is 28.6 Å². The Kier molecular flexibility index (Phi) is 8.12. The number of hydrogen-bond acceptors (Lipinski definition) is 8. The Hall–Kier alpha value is -4.58. The van der Waals surface area contributed by atoms with Crippen molar-refractivity contribution in [2.24, 2.45) is 5.73 Å². The maximum absolute atomic E-state index is 13.2. The van der Waals surface area contributed by atoms with E-state index in [9.17, 15) is 19.6 Å². The molecular formula is C27H28N4O5. The van der Waals surface area contributed by atoms with E-state index in [4.69, 9.17) is 15.2 Å². The number of aryl methyl sites for hydroxylation is 1. The van der Waals surface area contributed by atoms with Gasteiger partial charge in [0.15, 0.2) is 0 Å². The zero-order chi connectivity index (χ0) is 26.4. The van der Waals surface area contributed by atoms with Gasteiger partial charge in [-0.3, -0.25) is 9.69 Å². The van der Waals surface area contributed by atoms with Gasteiger partial charge in [-0.25, -0.2) is 9.59 Å². The Labute approximate surface area is 209 Å². The van der Waals surface area contributed by atoms with E-state index in [1.165, 1.54) is 19.1 Å². The van der Waals surface area contributed by atoms with Crippen LogP contribution in [0, 0.1) is 18.3 Å². The molecule has 2 aromatic rings. The fraction of sp³-hybridized carbons (Fsp3) is 0.259. The lowest BCUT2D eigenvalue weighted by Gasteiger charge is -2.36. The maximum atomic E-state index is 13.2. The van der Waals surface area contributed by atoms with Crippen LogP contribution < -0.4 is 16.0 Å². The Bertz CT molecular complexity index is 1290. The van der Waals surface area contributed by atoms with Gasteiger partial charge in [-0.2, -0.15) is 5.26 Å². The molecule has 1 atom stereocenters. The van der Waals surface area contributed by atoms with Crippen LogP contribution in [0.1, 0.15) is 40.7 Å². The third kappa shape index (κ3) is 4.79. The zero-order valence-electron chi connectivity index (χ0n) is 20.6. The summed E-state index contributed by atoms with van der Waals surface area (Å²) >= 11 is 0. The van der Waals surface area contributed by atoms with Gasteiger partial charge in [0.1, 0.15) is 11.5 Å². The number of nitriles is 1. The van der Waals surface area contributed by atoms with Crippen molar-refractivity contribution in [3.8, 4) is 6.07 Å². The summed E-state index contributed by atoms with van der Waals surface area (Å²) in [6, 6.07) is 15.8. The van der Waals surface area contributed by atoms with E-state index < -0.39 is 17.9 Å². The summed E-state index contributed by atoms with van der Waals surface area (Å²) in [5.74, 6) is -3.00. The third-order valence-corrected chi connectivity index (χ3v) is 5.86. The number of carbonyl (C=O) groups is 3. The lowest BCUT2D eigenvalue weighted by molar-refractivity contribution is -0.139. The molecule has 0 aromatic heterocycles. The fourth-order valence-corrected chi connectivity index (χ4v) is 4.10. The van der Waals surface area contributed by atoms with Crippen LogP contribution in [0.25, 0.3) is 0 Å². The van der Waals surface area contributed by atoms with Gasteiger partial charge < -0.3 is 20.5 Å². The quantitative estimate of drug-likeness (QED) is 0.568. The Morgan fingerprint density at radius 2 is 1.75 bits per heavy atom. The van der Waals surface area contributed by atoms with Gasteiger partial charge in [-0.1, -0.05) is 43.3 Å². The second-order valence-electron chi connectivity index (χ2n) is 8.09. The standard InChI is InChI=1S/C27H28N4O5/c1-5-13-30-25(32)18-12-11-16(2)20(14-18)31-23(27(34)36-4)22(26(33)35-3)21(19(15-28)24(31)29)17-9-7-6-8-10-17/h6-12,14,21H,5,13,29H2,1-4H3,(H,30,32). The minimum absolute atomic E-state index is 0.0505. The third-order valence-electron chi connectivity index (χ3n) is 5.86. The number of rotatable bonds is 7. The van der Waals surface area contributed by atoms with E-state index in [1.807, 2.05) is 6.92 Å². The van der Waals surface area contributed by atoms with Crippen LogP contribution in [0.4, 0.5) is 5.69 Å². The van der Waals surface area contributed by atoms with Gasteiger partial charge >= 0.3 is 11.9 Å². The number of nitrogens with one attached hydrogen (secondary N) is 1. The molecule has 0 fully saturated rings. The average Bonchev–Trinajstić information content (AvgIpc) is 2.90. The number of ether oxygens (including phenoxy) is 2. The number of hydrogen-bond donors (Lipinski definition) is 2. The molecule has 186 valence electrons. The number of nitrogens with two attached hydrogens (primary N) is 1. The molecule has 9 heteroatoms. The number of nitrogens with zero attached hydrogens (tertiary/aromatic N) is 2. The van der Waals surface area contributed by atoms with Crippen LogP contribution in [0.2, 0.25) is 0 Å². The summed E-state index contributed by atoms with van der Waals surface area (Å²) in [5, 5.41) is 13.0. The first-order valence-corrected chi connectivity index (χ1v) is 11.3. The fourth-order valence-electron chi connectivity index (χ4n) is 4.10. The topological polar surface area (TPSA) is 135 Å². The number of methoxy groups -OCH3 is 2. The molecule has 1 aliphatic rings. The summed E-state index contributed by atoms with van der Waals surface area (Å²) in [6.07, 6.45) is 0.760. The Morgan fingerprint density at radius 3 is 2.33 bits per heavy atom. The summed E-state index contributed by atoms with van der Waals surface area (Å²) in [7, 11) is 2.37. The molecule has 3 N–H and O–H groups in total. The maximum Gasteiger partial charge on any atom is 0.355 e. The average molecular weight is 489 g/mol.